The molecule has 25 heavy (non-hydrogen) atoms. The lowest BCUT2D eigenvalue weighted by Gasteiger charge is -2.15. The number of amides is 1. The summed E-state index contributed by atoms with van der Waals surface area (Å²) >= 11 is 0. The van der Waals surface area contributed by atoms with Crippen LogP contribution in [0.25, 0.3) is 0 Å². The third kappa shape index (κ3) is 7.34. The van der Waals surface area contributed by atoms with E-state index < -0.39 is 23.9 Å². The lowest BCUT2D eigenvalue weighted by molar-refractivity contribution is -0.141. The van der Waals surface area contributed by atoms with Crippen LogP contribution >= 0.6 is 0 Å². The highest BCUT2D eigenvalue weighted by Crippen LogP contribution is 2.16. The van der Waals surface area contributed by atoms with Crippen LogP contribution in [0.15, 0.2) is 24.3 Å². The van der Waals surface area contributed by atoms with E-state index in [1.54, 1.807) is 31.2 Å². The van der Waals surface area contributed by atoms with Crippen molar-refractivity contribution in [3.63, 3.8) is 0 Å². The molecule has 0 saturated carbocycles. The summed E-state index contributed by atoms with van der Waals surface area (Å²) in [7, 11) is 0. The Kier molecular flexibility index (Phi) is 9.24. The Morgan fingerprint density at radius 3 is 2.52 bits per heavy atom. The van der Waals surface area contributed by atoms with Crippen LogP contribution < -0.4 is 10.6 Å². The highest BCUT2D eigenvalue weighted by atomic mass is 16.5. The van der Waals surface area contributed by atoms with Crippen molar-refractivity contribution in [1.29, 1.82) is 0 Å². The van der Waals surface area contributed by atoms with Crippen molar-refractivity contribution in [2.24, 2.45) is 0 Å². The van der Waals surface area contributed by atoms with Gasteiger partial charge >= 0.3 is 11.9 Å². The summed E-state index contributed by atoms with van der Waals surface area (Å²) in [6.07, 6.45) is 2.66. The highest BCUT2D eigenvalue weighted by molar-refractivity contribution is 6.02. The molecule has 0 aromatic heterocycles. The molecule has 138 valence electrons. The second-order valence-electron chi connectivity index (χ2n) is 5.57. The zero-order chi connectivity index (χ0) is 18.7. The van der Waals surface area contributed by atoms with Crippen molar-refractivity contribution in [2.75, 3.05) is 18.5 Å². The largest absolute Gasteiger partial charge is 0.480 e. The first-order valence-corrected chi connectivity index (χ1v) is 8.51. The van der Waals surface area contributed by atoms with Crippen LogP contribution in [0.3, 0.4) is 0 Å². The van der Waals surface area contributed by atoms with E-state index in [1.807, 2.05) is 0 Å². The van der Waals surface area contributed by atoms with Crippen molar-refractivity contribution in [3.8, 4) is 0 Å². The molecule has 1 aromatic rings. The molecule has 0 spiro atoms. The molecule has 7 heteroatoms. The molecule has 1 aromatic carbocycles. The standard InChI is InChI=1S/C18H26N2O5/c1-3-5-8-11-19-15(17(22)23)12-16(21)20-14-10-7-6-9-13(14)18(24)25-4-2/h6-7,9-10,15,19H,3-5,8,11-12H2,1-2H3,(H,20,21)(H,22,23). The van der Waals surface area contributed by atoms with Gasteiger partial charge in [-0.15, -0.1) is 0 Å². The van der Waals surface area contributed by atoms with Crippen LogP contribution in [0.4, 0.5) is 5.69 Å². The number of hydrogen-bond donors (Lipinski definition) is 3. The van der Waals surface area contributed by atoms with Gasteiger partial charge in [-0.2, -0.15) is 0 Å². The molecule has 0 radical (unpaired) electrons. The lowest BCUT2D eigenvalue weighted by atomic mass is 10.1. The van der Waals surface area contributed by atoms with Crippen LogP contribution in [0.2, 0.25) is 0 Å². The van der Waals surface area contributed by atoms with Crippen LogP contribution in [-0.4, -0.2) is 42.1 Å². The van der Waals surface area contributed by atoms with Gasteiger partial charge in [0, 0.05) is 0 Å². The number of carboxylic acid groups (broad SMARTS) is 1. The van der Waals surface area contributed by atoms with Crippen molar-refractivity contribution < 1.29 is 24.2 Å². The van der Waals surface area contributed by atoms with Crippen molar-refractivity contribution in [2.45, 2.75) is 45.6 Å². The quantitative estimate of drug-likeness (QED) is 0.418. The smallest absolute Gasteiger partial charge is 0.340 e. The second kappa shape index (κ2) is 11.2. The van der Waals surface area contributed by atoms with Gasteiger partial charge in [-0.25, -0.2) is 4.79 Å². The van der Waals surface area contributed by atoms with E-state index in [4.69, 9.17) is 4.74 Å². The molecule has 0 aliphatic heterocycles. The van der Waals surface area contributed by atoms with Gasteiger partial charge in [0.05, 0.1) is 24.3 Å². The maximum Gasteiger partial charge on any atom is 0.340 e. The molecule has 0 bridgehead atoms. The third-order valence-corrected chi connectivity index (χ3v) is 3.56. The fourth-order valence-corrected chi connectivity index (χ4v) is 2.26. The molecule has 0 saturated heterocycles. The first-order valence-electron chi connectivity index (χ1n) is 8.51. The summed E-state index contributed by atoms with van der Waals surface area (Å²) in [5, 5.41) is 14.7. The molecule has 1 atom stereocenters. The van der Waals surface area contributed by atoms with Crippen LogP contribution in [-0.2, 0) is 14.3 Å². The van der Waals surface area contributed by atoms with E-state index in [0.717, 1.165) is 19.3 Å². The van der Waals surface area contributed by atoms with Crippen LogP contribution in [0.1, 0.15) is 49.9 Å². The summed E-state index contributed by atoms with van der Waals surface area (Å²) in [6, 6.07) is 5.50. The van der Waals surface area contributed by atoms with Crippen molar-refractivity contribution in [1.82, 2.24) is 5.32 Å². The maximum absolute atomic E-state index is 12.2. The van der Waals surface area contributed by atoms with E-state index in [0.29, 0.717) is 12.2 Å². The number of nitrogens with one attached hydrogen (secondary N) is 2. The number of anilines is 1. The first kappa shape index (κ1) is 20.6. The van der Waals surface area contributed by atoms with E-state index in [1.165, 1.54) is 0 Å². The molecule has 0 aliphatic carbocycles. The molecule has 1 amide bonds. The molecular weight excluding hydrogens is 324 g/mol. The highest BCUT2D eigenvalue weighted by Gasteiger charge is 2.21. The van der Waals surface area contributed by atoms with Crippen LogP contribution in [0.5, 0.6) is 0 Å². The number of para-hydroxylation sites is 1. The molecule has 1 rings (SSSR count). The summed E-state index contributed by atoms with van der Waals surface area (Å²) in [5.74, 6) is -2.09. The number of carboxylic acids is 1. The van der Waals surface area contributed by atoms with Gasteiger partial charge < -0.3 is 20.5 Å². The Morgan fingerprint density at radius 2 is 1.88 bits per heavy atom. The molecule has 0 aliphatic rings. The number of benzene rings is 1. The number of esters is 1. The van der Waals surface area contributed by atoms with E-state index in [9.17, 15) is 19.5 Å². The predicted octanol–water partition coefficient (Wildman–Crippen LogP) is 2.42. The average Bonchev–Trinajstić information content (AvgIpc) is 2.58. The summed E-state index contributed by atoms with van der Waals surface area (Å²) in [4.78, 5) is 35.4. The SMILES string of the molecule is CCCCCNC(CC(=O)Nc1ccccc1C(=O)OCC)C(=O)O. The summed E-state index contributed by atoms with van der Waals surface area (Å²) < 4.78 is 4.95. The monoisotopic (exact) mass is 350 g/mol. The molecule has 1 unspecified atom stereocenters. The van der Waals surface area contributed by atoms with E-state index >= 15 is 0 Å². The minimum absolute atomic E-state index is 0.224. The fourth-order valence-electron chi connectivity index (χ4n) is 2.26. The Hall–Kier alpha value is -2.41. The Bertz CT molecular complexity index is 589. The number of unbranched alkanes of at least 4 members (excludes halogenated alkanes) is 2. The van der Waals surface area contributed by atoms with Gasteiger partial charge in [0.25, 0.3) is 0 Å². The number of rotatable bonds is 11. The zero-order valence-corrected chi connectivity index (χ0v) is 14.7. The third-order valence-electron chi connectivity index (χ3n) is 3.56. The molecule has 3 N–H and O–H groups in total. The molecule has 0 heterocycles. The van der Waals surface area contributed by atoms with Gasteiger partial charge in [-0.1, -0.05) is 31.9 Å². The number of ether oxygens (including phenoxy) is 1. The summed E-state index contributed by atoms with van der Waals surface area (Å²) in [5.41, 5.74) is 0.543. The summed E-state index contributed by atoms with van der Waals surface area (Å²) in [6.45, 7) is 4.52. The fraction of sp³-hybridized carbons (Fsp3) is 0.500. The van der Waals surface area contributed by atoms with E-state index in [-0.39, 0.29) is 18.6 Å². The Morgan fingerprint density at radius 1 is 1.16 bits per heavy atom. The topological polar surface area (TPSA) is 105 Å². The molecule has 7 nitrogen and oxygen atoms in total. The zero-order valence-electron chi connectivity index (χ0n) is 14.7. The van der Waals surface area contributed by atoms with Crippen LogP contribution in [0, 0.1) is 0 Å². The van der Waals surface area contributed by atoms with Crippen molar-refractivity contribution in [3.05, 3.63) is 29.8 Å². The Labute approximate surface area is 147 Å². The van der Waals surface area contributed by atoms with Gasteiger partial charge in [-0.3, -0.25) is 9.59 Å². The van der Waals surface area contributed by atoms with Gasteiger partial charge in [0.15, 0.2) is 0 Å². The number of hydrogen-bond acceptors (Lipinski definition) is 5. The predicted molar refractivity (Wildman–Crippen MR) is 94.6 cm³/mol. The number of aliphatic carboxylic acids is 1. The first-order chi connectivity index (χ1) is 12.0. The minimum atomic E-state index is -1.08. The minimum Gasteiger partial charge on any atom is -0.480 e. The second-order valence-corrected chi connectivity index (χ2v) is 5.57. The van der Waals surface area contributed by atoms with Crippen molar-refractivity contribution >= 4 is 23.5 Å². The normalized spacial score (nSPS) is 11.6. The van der Waals surface area contributed by atoms with Gasteiger partial charge in [-0.05, 0) is 32.0 Å². The lowest BCUT2D eigenvalue weighted by Crippen LogP contribution is -2.40. The van der Waals surface area contributed by atoms with Gasteiger partial charge in [0.1, 0.15) is 6.04 Å². The molecule has 0 fully saturated rings. The number of carbonyl (C=O) groups is 3. The van der Waals surface area contributed by atoms with E-state index in [2.05, 4.69) is 17.6 Å². The average molecular weight is 350 g/mol. The number of carbonyl (C=O) groups excluding carboxylic acids is 2. The molecular formula is C18H26N2O5. The maximum atomic E-state index is 12.2. The van der Waals surface area contributed by atoms with Gasteiger partial charge in [0.2, 0.25) is 5.91 Å². The Balaban J connectivity index is 2.68.